The summed E-state index contributed by atoms with van der Waals surface area (Å²) in [5.74, 6) is 0.232. The van der Waals surface area contributed by atoms with E-state index in [4.69, 9.17) is 23.2 Å². The summed E-state index contributed by atoms with van der Waals surface area (Å²) in [6, 6.07) is 11.5. The summed E-state index contributed by atoms with van der Waals surface area (Å²) in [5, 5.41) is 14.0. The van der Waals surface area contributed by atoms with Gasteiger partial charge in [-0.05, 0) is 30.3 Å². The third-order valence-corrected chi connectivity index (χ3v) is 3.22. The summed E-state index contributed by atoms with van der Waals surface area (Å²) in [4.78, 5) is 12.0. The highest BCUT2D eigenvalue weighted by molar-refractivity contribution is 6.31. The molecule has 8 heteroatoms. The van der Waals surface area contributed by atoms with Gasteiger partial charge in [0.15, 0.2) is 5.65 Å². The SMILES string of the molecule is O=C(Nc1cccc(Cl)c1)Nc1nnc2cccc(Cl)n12. The quantitative estimate of drug-likeness (QED) is 0.707. The Morgan fingerprint density at radius 3 is 2.67 bits per heavy atom. The van der Waals surface area contributed by atoms with Crippen molar-refractivity contribution in [3.8, 4) is 0 Å². The predicted molar refractivity (Wildman–Crippen MR) is 82.1 cm³/mol. The van der Waals surface area contributed by atoms with Crippen LogP contribution in [0.4, 0.5) is 16.4 Å². The number of nitrogens with one attached hydrogen (secondary N) is 2. The number of carbonyl (C=O) groups is 1. The minimum Gasteiger partial charge on any atom is -0.308 e. The minimum absolute atomic E-state index is 0.232. The molecule has 106 valence electrons. The van der Waals surface area contributed by atoms with Crippen molar-refractivity contribution >= 4 is 46.5 Å². The smallest absolute Gasteiger partial charge is 0.308 e. The minimum atomic E-state index is -0.466. The maximum Gasteiger partial charge on any atom is 0.326 e. The van der Waals surface area contributed by atoms with E-state index in [2.05, 4.69) is 20.8 Å². The van der Waals surface area contributed by atoms with Crippen LogP contribution in [0.2, 0.25) is 10.2 Å². The molecule has 0 atom stereocenters. The Balaban J connectivity index is 1.81. The highest BCUT2D eigenvalue weighted by Gasteiger charge is 2.11. The molecule has 0 bridgehead atoms. The summed E-state index contributed by atoms with van der Waals surface area (Å²) in [7, 11) is 0. The van der Waals surface area contributed by atoms with Crippen molar-refractivity contribution in [2.45, 2.75) is 0 Å². The van der Waals surface area contributed by atoms with E-state index in [1.165, 1.54) is 4.40 Å². The van der Waals surface area contributed by atoms with Crippen molar-refractivity contribution in [2.24, 2.45) is 0 Å². The van der Waals surface area contributed by atoms with Gasteiger partial charge in [0.05, 0.1) is 0 Å². The lowest BCUT2D eigenvalue weighted by Crippen LogP contribution is -2.21. The monoisotopic (exact) mass is 321 g/mol. The number of halogens is 2. The van der Waals surface area contributed by atoms with Crippen LogP contribution in [0, 0.1) is 0 Å². The number of benzene rings is 1. The lowest BCUT2D eigenvalue weighted by molar-refractivity contribution is 0.262. The zero-order valence-corrected chi connectivity index (χ0v) is 12.1. The number of amides is 2. The number of aromatic nitrogens is 3. The molecule has 3 rings (SSSR count). The Bertz CT molecular complexity index is 817. The maximum absolute atomic E-state index is 12.0. The first-order chi connectivity index (χ1) is 10.1. The fraction of sp³-hybridized carbons (Fsp3) is 0. The Morgan fingerprint density at radius 2 is 1.86 bits per heavy atom. The van der Waals surface area contributed by atoms with Gasteiger partial charge in [-0.2, -0.15) is 0 Å². The largest absolute Gasteiger partial charge is 0.326 e. The number of nitrogens with zero attached hydrogens (tertiary/aromatic N) is 3. The van der Waals surface area contributed by atoms with E-state index in [9.17, 15) is 4.79 Å². The highest BCUT2D eigenvalue weighted by atomic mass is 35.5. The molecule has 0 aliphatic heterocycles. The first-order valence-corrected chi connectivity index (χ1v) is 6.72. The van der Waals surface area contributed by atoms with E-state index in [1.807, 2.05) is 0 Å². The van der Waals surface area contributed by atoms with Crippen molar-refractivity contribution in [3.05, 3.63) is 52.6 Å². The van der Waals surface area contributed by atoms with Gasteiger partial charge in [0.2, 0.25) is 5.95 Å². The van der Waals surface area contributed by atoms with Gasteiger partial charge in [0.1, 0.15) is 5.15 Å². The number of fused-ring (bicyclic) bond motifs is 1. The lowest BCUT2D eigenvalue weighted by Gasteiger charge is -2.07. The third-order valence-electron chi connectivity index (χ3n) is 2.69. The van der Waals surface area contributed by atoms with Gasteiger partial charge in [0.25, 0.3) is 0 Å². The van der Waals surface area contributed by atoms with Crippen LogP contribution in [0.15, 0.2) is 42.5 Å². The van der Waals surface area contributed by atoms with Crippen molar-refractivity contribution < 1.29 is 4.79 Å². The molecule has 0 saturated heterocycles. The second-order valence-corrected chi connectivity index (χ2v) is 4.98. The molecule has 0 spiro atoms. The Morgan fingerprint density at radius 1 is 1.05 bits per heavy atom. The fourth-order valence-electron chi connectivity index (χ4n) is 1.81. The topological polar surface area (TPSA) is 71.3 Å². The first-order valence-electron chi connectivity index (χ1n) is 5.97. The van der Waals surface area contributed by atoms with Crippen LogP contribution >= 0.6 is 23.2 Å². The predicted octanol–water partition coefficient (Wildman–Crippen LogP) is 3.68. The molecule has 0 aliphatic carbocycles. The van der Waals surface area contributed by atoms with Crippen molar-refractivity contribution in [2.75, 3.05) is 10.6 Å². The molecule has 2 aromatic heterocycles. The van der Waals surface area contributed by atoms with Crippen molar-refractivity contribution in [1.29, 1.82) is 0 Å². The molecule has 2 amide bonds. The van der Waals surface area contributed by atoms with Crippen LogP contribution in [0.3, 0.4) is 0 Å². The van der Waals surface area contributed by atoms with Crippen molar-refractivity contribution in [3.63, 3.8) is 0 Å². The van der Waals surface area contributed by atoms with E-state index in [0.29, 0.717) is 21.5 Å². The molecular formula is C13H9Cl2N5O. The molecule has 2 heterocycles. The zero-order valence-electron chi connectivity index (χ0n) is 10.5. The van der Waals surface area contributed by atoms with Gasteiger partial charge in [-0.15, -0.1) is 10.2 Å². The van der Waals surface area contributed by atoms with Crippen LogP contribution in [0.25, 0.3) is 5.65 Å². The number of hydrogen-bond donors (Lipinski definition) is 2. The molecule has 21 heavy (non-hydrogen) atoms. The van der Waals surface area contributed by atoms with Crippen molar-refractivity contribution in [1.82, 2.24) is 14.6 Å². The maximum atomic E-state index is 12.0. The van der Waals surface area contributed by atoms with Gasteiger partial charge < -0.3 is 5.32 Å². The summed E-state index contributed by atoms with van der Waals surface area (Å²) in [6.45, 7) is 0. The van der Waals surface area contributed by atoms with E-state index in [0.717, 1.165) is 0 Å². The Kier molecular flexibility index (Phi) is 3.64. The third kappa shape index (κ3) is 2.91. The van der Waals surface area contributed by atoms with E-state index < -0.39 is 6.03 Å². The molecule has 0 fully saturated rings. The zero-order chi connectivity index (χ0) is 14.8. The summed E-state index contributed by atoms with van der Waals surface area (Å²) < 4.78 is 1.53. The molecule has 0 radical (unpaired) electrons. The summed E-state index contributed by atoms with van der Waals surface area (Å²) in [5.41, 5.74) is 1.11. The highest BCUT2D eigenvalue weighted by Crippen LogP contribution is 2.18. The van der Waals surface area contributed by atoms with Gasteiger partial charge in [0, 0.05) is 10.7 Å². The van der Waals surface area contributed by atoms with Crippen LogP contribution in [0.1, 0.15) is 0 Å². The Labute approximate surface area is 129 Å². The van der Waals surface area contributed by atoms with Crippen LogP contribution < -0.4 is 10.6 Å². The fourth-order valence-corrected chi connectivity index (χ4v) is 2.24. The molecule has 0 unspecified atom stereocenters. The van der Waals surface area contributed by atoms with Crippen LogP contribution in [-0.2, 0) is 0 Å². The van der Waals surface area contributed by atoms with Gasteiger partial charge in [-0.25, -0.2) is 4.79 Å². The average molecular weight is 322 g/mol. The lowest BCUT2D eigenvalue weighted by atomic mass is 10.3. The molecule has 3 aromatic rings. The number of anilines is 2. The summed E-state index contributed by atoms with van der Waals surface area (Å²) in [6.07, 6.45) is 0. The average Bonchev–Trinajstić information content (AvgIpc) is 2.83. The van der Waals surface area contributed by atoms with Gasteiger partial charge in [-0.3, -0.25) is 9.72 Å². The second kappa shape index (κ2) is 5.59. The van der Waals surface area contributed by atoms with E-state index >= 15 is 0 Å². The molecule has 0 aliphatic rings. The molecule has 6 nitrogen and oxygen atoms in total. The molecule has 1 aromatic carbocycles. The first kappa shape index (κ1) is 13.7. The Hall–Kier alpha value is -2.31. The van der Waals surface area contributed by atoms with Crippen LogP contribution in [-0.4, -0.2) is 20.6 Å². The number of urea groups is 1. The number of rotatable bonds is 2. The van der Waals surface area contributed by atoms with E-state index in [-0.39, 0.29) is 5.95 Å². The normalized spacial score (nSPS) is 10.6. The van der Waals surface area contributed by atoms with Gasteiger partial charge >= 0.3 is 6.03 Å². The molecular weight excluding hydrogens is 313 g/mol. The molecule has 2 N–H and O–H groups in total. The van der Waals surface area contributed by atoms with Crippen LogP contribution in [0.5, 0.6) is 0 Å². The number of hydrogen-bond acceptors (Lipinski definition) is 3. The summed E-state index contributed by atoms with van der Waals surface area (Å²) >= 11 is 11.9. The second-order valence-electron chi connectivity index (χ2n) is 4.16. The number of pyridine rings is 1. The molecule has 0 saturated carbocycles. The number of carbonyl (C=O) groups excluding carboxylic acids is 1. The van der Waals surface area contributed by atoms with Gasteiger partial charge in [-0.1, -0.05) is 35.3 Å². The standard InChI is InChI=1S/C13H9Cl2N5O/c14-8-3-1-4-9(7-8)16-13(21)17-12-19-18-11-6-2-5-10(15)20(11)12/h1-7H,(H2,16,17,19,21). The van der Waals surface area contributed by atoms with E-state index in [1.54, 1.807) is 42.5 Å².